The molecule has 1 heterocycles. The molecule has 0 fully saturated rings. The topological polar surface area (TPSA) is 25.0 Å². The number of fused-ring (bicyclic) bond motifs is 1. The van der Waals surface area contributed by atoms with Gasteiger partial charge in [-0.05, 0) is 37.5 Å². The second-order valence-electron chi connectivity index (χ2n) is 3.96. The number of hydrogen-bond acceptors (Lipinski definition) is 1. The summed E-state index contributed by atoms with van der Waals surface area (Å²) in [7, 11) is 1.75. The molecule has 0 saturated heterocycles. The van der Waals surface area contributed by atoms with Crippen LogP contribution in [0.15, 0.2) is 24.4 Å². The predicted octanol–water partition coefficient (Wildman–Crippen LogP) is 3.06. The van der Waals surface area contributed by atoms with Gasteiger partial charge in [-0.1, -0.05) is 11.6 Å². The van der Waals surface area contributed by atoms with Crippen LogP contribution in [0.4, 0.5) is 0 Å². The van der Waals surface area contributed by atoms with E-state index >= 15 is 0 Å². The average Bonchev–Trinajstić information content (AvgIpc) is 2.62. The van der Waals surface area contributed by atoms with Crippen molar-refractivity contribution < 1.29 is 4.74 Å². The number of methoxy groups -OCH3 is 1. The van der Waals surface area contributed by atoms with E-state index in [1.807, 2.05) is 0 Å². The van der Waals surface area contributed by atoms with Crippen molar-refractivity contribution in [2.75, 3.05) is 13.7 Å². The van der Waals surface area contributed by atoms with Crippen LogP contribution in [-0.2, 0) is 11.2 Å². The van der Waals surface area contributed by atoms with E-state index in [1.165, 1.54) is 22.0 Å². The van der Waals surface area contributed by atoms with Crippen molar-refractivity contribution >= 4 is 10.9 Å². The third-order valence-corrected chi connectivity index (χ3v) is 2.72. The molecule has 0 bridgehead atoms. The Kier molecular flexibility index (Phi) is 3.07. The van der Waals surface area contributed by atoms with Gasteiger partial charge in [-0.25, -0.2) is 0 Å². The summed E-state index contributed by atoms with van der Waals surface area (Å²) < 4.78 is 5.07. The standard InChI is InChI=1S/C13H17NO/c1-10-5-6-13-12(8-10)11(9-14-13)4-3-7-15-2/h5-6,8-9,14H,3-4,7H2,1-2H3. The van der Waals surface area contributed by atoms with E-state index in [9.17, 15) is 0 Å². The molecule has 15 heavy (non-hydrogen) atoms. The van der Waals surface area contributed by atoms with E-state index in [4.69, 9.17) is 4.74 Å². The van der Waals surface area contributed by atoms with Crippen molar-refractivity contribution in [2.24, 2.45) is 0 Å². The van der Waals surface area contributed by atoms with Crippen LogP contribution in [0.1, 0.15) is 17.5 Å². The first-order valence-corrected chi connectivity index (χ1v) is 5.37. The molecular weight excluding hydrogens is 186 g/mol. The summed E-state index contributed by atoms with van der Waals surface area (Å²) in [6.45, 7) is 2.96. The molecule has 80 valence electrons. The second-order valence-corrected chi connectivity index (χ2v) is 3.96. The largest absolute Gasteiger partial charge is 0.385 e. The molecule has 0 atom stereocenters. The van der Waals surface area contributed by atoms with Crippen LogP contribution in [0.25, 0.3) is 10.9 Å². The highest BCUT2D eigenvalue weighted by molar-refractivity contribution is 5.83. The zero-order chi connectivity index (χ0) is 10.7. The minimum absolute atomic E-state index is 0.832. The van der Waals surface area contributed by atoms with Crippen molar-refractivity contribution in [3.63, 3.8) is 0 Å². The number of aromatic nitrogens is 1. The molecule has 1 aromatic carbocycles. The summed E-state index contributed by atoms with van der Waals surface area (Å²) in [5.41, 5.74) is 3.94. The summed E-state index contributed by atoms with van der Waals surface area (Å²) in [6, 6.07) is 6.52. The summed E-state index contributed by atoms with van der Waals surface area (Å²) in [5.74, 6) is 0. The molecular formula is C13H17NO. The Labute approximate surface area is 90.3 Å². The molecule has 2 aromatic rings. The molecule has 2 rings (SSSR count). The molecule has 0 radical (unpaired) electrons. The minimum Gasteiger partial charge on any atom is -0.385 e. The van der Waals surface area contributed by atoms with E-state index in [-0.39, 0.29) is 0 Å². The maximum absolute atomic E-state index is 5.07. The fourth-order valence-corrected chi connectivity index (χ4v) is 1.91. The van der Waals surface area contributed by atoms with Crippen molar-refractivity contribution in [3.8, 4) is 0 Å². The second kappa shape index (κ2) is 4.49. The first kappa shape index (κ1) is 10.2. The van der Waals surface area contributed by atoms with E-state index in [1.54, 1.807) is 7.11 Å². The van der Waals surface area contributed by atoms with Crippen LogP contribution >= 0.6 is 0 Å². The van der Waals surface area contributed by atoms with E-state index < -0.39 is 0 Å². The molecule has 0 unspecified atom stereocenters. The molecule has 0 saturated carbocycles. The van der Waals surface area contributed by atoms with Gasteiger partial charge in [-0.2, -0.15) is 0 Å². The monoisotopic (exact) mass is 203 g/mol. The summed E-state index contributed by atoms with van der Waals surface area (Å²) >= 11 is 0. The van der Waals surface area contributed by atoms with Crippen molar-refractivity contribution in [1.29, 1.82) is 0 Å². The van der Waals surface area contributed by atoms with Gasteiger partial charge in [0.1, 0.15) is 0 Å². The fraction of sp³-hybridized carbons (Fsp3) is 0.385. The van der Waals surface area contributed by atoms with Crippen LogP contribution in [0.2, 0.25) is 0 Å². The number of benzene rings is 1. The number of rotatable bonds is 4. The van der Waals surface area contributed by atoms with Crippen LogP contribution in [-0.4, -0.2) is 18.7 Å². The molecule has 1 aromatic heterocycles. The number of aromatic amines is 1. The van der Waals surface area contributed by atoms with Gasteiger partial charge in [0, 0.05) is 30.8 Å². The third-order valence-electron chi connectivity index (χ3n) is 2.72. The smallest absolute Gasteiger partial charge is 0.0465 e. The summed E-state index contributed by atoms with van der Waals surface area (Å²) in [4.78, 5) is 3.30. The molecule has 1 N–H and O–H groups in total. The van der Waals surface area contributed by atoms with Gasteiger partial charge in [0.15, 0.2) is 0 Å². The zero-order valence-corrected chi connectivity index (χ0v) is 9.34. The highest BCUT2D eigenvalue weighted by atomic mass is 16.5. The number of hydrogen-bond donors (Lipinski definition) is 1. The van der Waals surface area contributed by atoms with Crippen molar-refractivity contribution in [1.82, 2.24) is 4.98 Å². The lowest BCUT2D eigenvalue weighted by Gasteiger charge is -1.99. The average molecular weight is 203 g/mol. The molecule has 0 amide bonds. The van der Waals surface area contributed by atoms with Gasteiger partial charge in [0.2, 0.25) is 0 Å². The summed E-state index contributed by atoms with van der Waals surface area (Å²) in [5, 5.41) is 1.35. The van der Waals surface area contributed by atoms with E-state index in [2.05, 4.69) is 36.3 Å². The number of H-pyrrole nitrogens is 1. The third kappa shape index (κ3) is 2.21. The number of nitrogens with one attached hydrogen (secondary N) is 1. The van der Waals surface area contributed by atoms with Gasteiger partial charge in [0.05, 0.1) is 0 Å². The Bertz CT molecular complexity index is 445. The molecule has 0 aliphatic heterocycles. The van der Waals surface area contributed by atoms with E-state index in [0.717, 1.165) is 19.4 Å². The number of aryl methyl sites for hydroxylation is 2. The van der Waals surface area contributed by atoms with Crippen LogP contribution in [0.5, 0.6) is 0 Å². The van der Waals surface area contributed by atoms with Gasteiger partial charge >= 0.3 is 0 Å². The molecule has 2 nitrogen and oxygen atoms in total. The molecule has 0 spiro atoms. The highest BCUT2D eigenvalue weighted by Gasteiger charge is 2.02. The van der Waals surface area contributed by atoms with Gasteiger partial charge < -0.3 is 9.72 Å². The Hall–Kier alpha value is -1.28. The molecule has 0 aliphatic carbocycles. The quantitative estimate of drug-likeness (QED) is 0.759. The maximum atomic E-state index is 5.07. The van der Waals surface area contributed by atoms with Gasteiger partial charge in [-0.3, -0.25) is 0 Å². The lowest BCUT2D eigenvalue weighted by Crippen LogP contribution is -1.91. The zero-order valence-electron chi connectivity index (χ0n) is 9.34. The van der Waals surface area contributed by atoms with E-state index in [0.29, 0.717) is 0 Å². The fourth-order valence-electron chi connectivity index (χ4n) is 1.91. The molecule has 0 aliphatic rings. The lowest BCUT2D eigenvalue weighted by molar-refractivity contribution is 0.195. The normalized spacial score (nSPS) is 11.1. The summed E-state index contributed by atoms with van der Waals surface area (Å²) in [6.07, 6.45) is 4.27. The first-order chi connectivity index (χ1) is 7.31. The SMILES string of the molecule is COCCCc1c[nH]c2ccc(C)cc12. The predicted molar refractivity (Wildman–Crippen MR) is 63.2 cm³/mol. The minimum atomic E-state index is 0.832. The van der Waals surface area contributed by atoms with Gasteiger partial charge in [-0.15, -0.1) is 0 Å². The highest BCUT2D eigenvalue weighted by Crippen LogP contribution is 2.20. The number of ether oxygens (including phenoxy) is 1. The first-order valence-electron chi connectivity index (χ1n) is 5.37. The van der Waals surface area contributed by atoms with Gasteiger partial charge in [0.25, 0.3) is 0 Å². The molecule has 2 heteroatoms. The lowest BCUT2D eigenvalue weighted by atomic mass is 10.1. The maximum Gasteiger partial charge on any atom is 0.0465 e. The Morgan fingerprint density at radius 2 is 2.20 bits per heavy atom. The van der Waals surface area contributed by atoms with Crippen LogP contribution in [0, 0.1) is 6.92 Å². The van der Waals surface area contributed by atoms with Crippen molar-refractivity contribution in [2.45, 2.75) is 19.8 Å². The Morgan fingerprint density at radius 1 is 1.33 bits per heavy atom. The van der Waals surface area contributed by atoms with Crippen molar-refractivity contribution in [3.05, 3.63) is 35.5 Å². The van der Waals surface area contributed by atoms with Crippen LogP contribution < -0.4 is 0 Å². The Balaban J connectivity index is 2.23. The van der Waals surface area contributed by atoms with Crippen LogP contribution in [0.3, 0.4) is 0 Å². The Morgan fingerprint density at radius 3 is 3.00 bits per heavy atom.